The van der Waals surface area contributed by atoms with Gasteiger partial charge in [0, 0.05) is 66.4 Å². The predicted octanol–water partition coefficient (Wildman–Crippen LogP) is 5.20. The van der Waals surface area contributed by atoms with Crippen molar-refractivity contribution >= 4 is 45.2 Å². The molecule has 4 aromatic rings. The Labute approximate surface area is 212 Å². The lowest BCUT2D eigenvalue weighted by Crippen LogP contribution is -2.32. The van der Waals surface area contributed by atoms with Crippen LogP contribution in [-0.2, 0) is 16.6 Å². The molecule has 36 heavy (non-hydrogen) atoms. The summed E-state index contributed by atoms with van der Waals surface area (Å²) >= 11 is 6.18. The van der Waals surface area contributed by atoms with E-state index < -0.39 is 23.5 Å². The van der Waals surface area contributed by atoms with Gasteiger partial charge >= 0.3 is 0 Å². The molecule has 0 saturated heterocycles. The average molecular weight is 509 g/mol. The molecule has 8 nitrogen and oxygen atoms in total. The van der Waals surface area contributed by atoms with Crippen molar-refractivity contribution in [3.8, 4) is 5.75 Å². The lowest BCUT2D eigenvalue weighted by Gasteiger charge is -2.26. The number of carbonyl (C=O) groups is 2. The van der Waals surface area contributed by atoms with Crippen molar-refractivity contribution in [2.24, 2.45) is 7.05 Å². The summed E-state index contributed by atoms with van der Waals surface area (Å²) in [5.74, 6) is -1.42. The van der Waals surface area contributed by atoms with Crippen molar-refractivity contribution in [1.29, 1.82) is 0 Å². The number of aromatic nitrogens is 1. The molecule has 1 atom stereocenters. The lowest BCUT2D eigenvalue weighted by atomic mass is 9.94. The van der Waals surface area contributed by atoms with Gasteiger partial charge in [0.1, 0.15) is 0 Å². The normalized spacial score (nSPS) is 16.1. The number of halogens is 1. The molecule has 3 heterocycles. The van der Waals surface area contributed by atoms with E-state index in [1.807, 2.05) is 42.1 Å². The highest BCUT2D eigenvalue weighted by atomic mass is 35.5. The summed E-state index contributed by atoms with van der Waals surface area (Å²) < 4.78 is 18.3. The van der Waals surface area contributed by atoms with Crippen LogP contribution in [0.1, 0.15) is 28.6 Å². The zero-order chi connectivity index (χ0) is 25.6. The number of hydrogen-bond donors (Lipinski definition) is 1. The Morgan fingerprint density at radius 2 is 1.97 bits per heavy atom. The SMILES string of the molecule is COCCCN1C(=O)C(O)=C(C(=O)c2cc3cc(Cl)cc(OC)c3o2)C1c1cn(C)c2ccccc12. The van der Waals surface area contributed by atoms with Gasteiger partial charge in [-0.2, -0.15) is 0 Å². The van der Waals surface area contributed by atoms with Gasteiger partial charge in [0.25, 0.3) is 5.91 Å². The lowest BCUT2D eigenvalue weighted by molar-refractivity contribution is -0.129. The number of methoxy groups -OCH3 is 2. The first kappa shape index (κ1) is 24.0. The van der Waals surface area contributed by atoms with Gasteiger partial charge in [0.2, 0.25) is 5.78 Å². The number of nitrogens with zero attached hydrogens (tertiary/aromatic N) is 2. The van der Waals surface area contributed by atoms with Gasteiger partial charge in [0.15, 0.2) is 22.9 Å². The van der Waals surface area contributed by atoms with E-state index in [9.17, 15) is 14.7 Å². The van der Waals surface area contributed by atoms with Crippen LogP contribution < -0.4 is 4.74 Å². The van der Waals surface area contributed by atoms with Crippen molar-refractivity contribution in [2.75, 3.05) is 27.4 Å². The highest BCUT2D eigenvalue weighted by Gasteiger charge is 2.45. The second-order valence-corrected chi connectivity index (χ2v) is 9.12. The molecule has 9 heteroatoms. The zero-order valence-electron chi connectivity index (χ0n) is 20.1. The van der Waals surface area contributed by atoms with E-state index in [4.69, 9.17) is 25.5 Å². The molecule has 2 aromatic heterocycles. The number of fused-ring (bicyclic) bond motifs is 2. The van der Waals surface area contributed by atoms with Gasteiger partial charge in [-0.25, -0.2) is 0 Å². The van der Waals surface area contributed by atoms with Gasteiger partial charge in [-0.1, -0.05) is 29.8 Å². The number of amides is 1. The van der Waals surface area contributed by atoms with Crippen LogP contribution in [-0.4, -0.2) is 53.6 Å². The predicted molar refractivity (Wildman–Crippen MR) is 136 cm³/mol. The fraction of sp³-hybridized carbons (Fsp3) is 0.259. The maximum atomic E-state index is 13.9. The van der Waals surface area contributed by atoms with Crippen LogP contribution in [0.5, 0.6) is 5.75 Å². The molecule has 186 valence electrons. The molecule has 1 aliphatic heterocycles. The van der Waals surface area contributed by atoms with Gasteiger partial charge in [-0.3, -0.25) is 9.59 Å². The minimum Gasteiger partial charge on any atom is -0.503 e. The number of Topliss-reactive ketones (excluding diaryl/α,β-unsaturated/α-hetero) is 1. The number of aryl methyl sites for hydroxylation is 1. The van der Waals surface area contributed by atoms with Gasteiger partial charge < -0.3 is 28.5 Å². The Morgan fingerprint density at radius 1 is 1.19 bits per heavy atom. The molecule has 0 spiro atoms. The first-order valence-corrected chi connectivity index (χ1v) is 11.8. The molecule has 0 radical (unpaired) electrons. The largest absolute Gasteiger partial charge is 0.503 e. The van der Waals surface area contributed by atoms with E-state index in [1.54, 1.807) is 25.3 Å². The summed E-state index contributed by atoms with van der Waals surface area (Å²) in [5.41, 5.74) is 2.01. The van der Waals surface area contributed by atoms with E-state index in [1.165, 1.54) is 12.0 Å². The number of ether oxygens (including phenoxy) is 2. The van der Waals surface area contributed by atoms with E-state index in [0.29, 0.717) is 41.3 Å². The number of carbonyl (C=O) groups excluding carboxylic acids is 2. The van der Waals surface area contributed by atoms with Crippen molar-refractivity contribution in [1.82, 2.24) is 9.47 Å². The van der Waals surface area contributed by atoms with E-state index in [-0.39, 0.29) is 11.3 Å². The van der Waals surface area contributed by atoms with E-state index in [2.05, 4.69) is 0 Å². The number of ketones is 1. The van der Waals surface area contributed by atoms with E-state index >= 15 is 0 Å². The molecule has 1 unspecified atom stereocenters. The zero-order valence-corrected chi connectivity index (χ0v) is 20.8. The van der Waals surface area contributed by atoms with Crippen LogP contribution >= 0.6 is 11.6 Å². The Bertz CT molecular complexity index is 1530. The summed E-state index contributed by atoms with van der Waals surface area (Å²) in [6, 6.07) is 11.7. The first-order valence-electron chi connectivity index (χ1n) is 11.4. The fourth-order valence-electron chi connectivity index (χ4n) is 4.89. The number of hydrogen-bond acceptors (Lipinski definition) is 6. The molecule has 0 aliphatic carbocycles. The van der Waals surface area contributed by atoms with Crippen LogP contribution in [0.3, 0.4) is 0 Å². The number of aliphatic hydroxyl groups excluding tert-OH is 1. The van der Waals surface area contributed by atoms with Crippen LogP contribution in [0.25, 0.3) is 21.9 Å². The second-order valence-electron chi connectivity index (χ2n) is 8.69. The number of aliphatic hydroxyl groups is 1. The Morgan fingerprint density at radius 3 is 2.72 bits per heavy atom. The minimum absolute atomic E-state index is 0.0242. The number of rotatable bonds is 8. The molecule has 1 amide bonds. The molecule has 1 N–H and O–H groups in total. The maximum Gasteiger partial charge on any atom is 0.290 e. The topological polar surface area (TPSA) is 94.1 Å². The Hall–Kier alpha value is -3.75. The third kappa shape index (κ3) is 3.83. The van der Waals surface area contributed by atoms with Crippen molar-refractivity contribution in [3.63, 3.8) is 0 Å². The summed E-state index contributed by atoms with van der Waals surface area (Å²) in [4.78, 5) is 28.6. The molecular formula is C27H25ClN2O6. The quantitative estimate of drug-likeness (QED) is 0.259. The third-order valence-electron chi connectivity index (χ3n) is 6.51. The Balaban J connectivity index is 1.65. The average Bonchev–Trinajstić information content (AvgIpc) is 3.52. The van der Waals surface area contributed by atoms with Crippen molar-refractivity contribution < 1.29 is 28.6 Å². The first-order chi connectivity index (χ1) is 17.3. The molecule has 0 bridgehead atoms. The van der Waals surface area contributed by atoms with Crippen LogP contribution in [0.2, 0.25) is 5.02 Å². The molecule has 2 aromatic carbocycles. The monoisotopic (exact) mass is 508 g/mol. The molecule has 5 rings (SSSR count). The highest BCUT2D eigenvalue weighted by Crippen LogP contribution is 2.43. The Kier molecular flexibility index (Phi) is 6.24. The maximum absolute atomic E-state index is 13.9. The minimum atomic E-state index is -0.799. The summed E-state index contributed by atoms with van der Waals surface area (Å²) in [7, 11) is 4.96. The standard InChI is InChI=1S/C27H25ClN2O6/c1-29-14-18(17-7-4-5-8-19(17)29)23-22(25(32)27(33)30(23)9-6-10-34-2)24(31)20-12-15-11-16(28)13-21(35-3)26(15)36-20/h4-5,7-8,11-14,23,32H,6,9-10H2,1-3H3. The summed E-state index contributed by atoms with van der Waals surface area (Å²) in [5, 5.41) is 12.9. The van der Waals surface area contributed by atoms with Crippen LogP contribution in [0.4, 0.5) is 0 Å². The van der Waals surface area contributed by atoms with E-state index in [0.717, 1.165) is 16.5 Å². The van der Waals surface area contributed by atoms with Gasteiger partial charge in [0.05, 0.1) is 18.7 Å². The molecular weight excluding hydrogens is 484 g/mol. The van der Waals surface area contributed by atoms with Crippen LogP contribution in [0.15, 0.2) is 64.4 Å². The molecule has 0 fully saturated rings. The summed E-state index contributed by atoms with van der Waals surface area (Å²) in [6.45, 7) is 0.727. The summed E-state index contributed by atoms with van der Waals surface area (Å²) in [6.07, 6.45) is 2.43. The molecule has 1 aliphatic rings. The van der Waals surface area contributed by atoms with Gasteiger partial charge in [-0.05, 0) is 24.6 Å². The molecule has 0 saturated carbocycles. The van der Waals surface area contributed by atoms with Gasteiger partial charge in [-0.15, -0.1) is 0 Å². The third-order valence-corrected chi connectivity index (χ3v) is 6.73. The smallest absolute Gasteiger partial charge is 0.290 e. The van der Waals surface area contributed by atoms with Crippen LogP contribution in [0, 0.1) is 0 Å². The van der Waals surface area contributed by atoms with Crippen molar-refractivity contribution in [2.45, 2.75) is 12.5 Å². The number of para-hydroxylation sites is 1. The fourth-order valence-corrected chi connectivity index (χ4v) is 5.11. The number of furan rings is 1. The van der Waals surface area contributed by atoms with Crippen molar-refractivity contribution in [3.05, 3.63) is 76.3 Å². The number of benzene rings is 2. The highest BCUT2D eigenvalue weighted by molar-refractivity contribution is 6.31. The second kappa shape index (κ2) is 9.37.